The predicted octanol–water partition coefficient (Wildman–Crippen LogP) is 3.13. The largest absolute Gasteiger partial charge is 0.494 e. The van der Waals surface area contributed by atoms with E-state index in [9.17, 15) is 9.18 Å². The first-order valence-electron chi connectivity index (χ1n) is 6.21. The highest BCUT2D eigenvalue weighted by molar-refractivity contribution is 5.83. The Bertz CT molecular complexity index is 425. The Labute approximate surface area is 106 Å². The molecule has 0 spiro atoms. The molecule has 3 nitrogen and oxygen atoms in total. The van der Waals surface area contributed by atoms with E-state index in [1.807, 2.05) is 6.92 Å². The second kappa shape index (κ2) is 4.96. The molecule has 1 aliphatic rings. The summed E-state index contributed by atoms with van der Waals surface area (Å²) in [5, 5.41) is 0. The maximum absolute atomic E-state index is 13.2. The van der Waals surface area contributed by atoms with Crippen LogP contribution in [-0.2, 0) is 4.79 Å². The van der Waals surface area contributed by atoms with Gasteiger partial charge in [0.1, 0.15) is 23.1 Å². The van der Waals surface area contributed by atoms with Gasteiger partial charge in [-0.05, 0) is 44.0 Å². The minimum atomic E-state index is -1.06. The molecule has 0 radical (unpaired) electrons. The molecular formula is C14H17FO3. The van der Waals surface area contributed by atoms with E-state index in [1.165, 1.54) is 0 Å². The zero-order valence-electron chi connectivity index (χ0n) is 10.6. The fraction of sp³-hybridized carbons (Fsp3) is 0.500. The molecule has 0 heterocycles. The number of carbonyl (C=O) groups is 1. The van der Waals surface area contributed by atoms with Gasteiger partial charge in [0, 0.05) is 0 Å². The lowest BCUT2D eigenvalue weighted by atomic mass is 10.0. The molecule has 0 bridgehead atoms. The van der Waals surface area contributed by atoms with E-state index in [0.717, 1.165) is 5.75 Å². The van der Waals surface area contributed by atoms with Gasteiger partial charge in [0.2, 0.25) is 0 Å². The molecule has 1 aromatic carbocycles. The first-order valence-corrected chi connectivity index (χ1v) is 6.21. The van der Waals surface area contributed by atoms with Gasteiger partial charge in [0.05, 0.1) is 6.61 Å². The second-order valence-corrected chi connectivity index (χ2v) is 4.48. The third-order valence-electron chi connectivity index (χ3n) is 3.37. The Morgan fingerprint density at radius 1 is 1.33 bits per heavy atom. The van der Waals surface area contributed by atoms with Crippen molar-refractivity contribution in [2.45, 2.75) is 32.9 Å². The highest BCUT2D eigenvalue weighted by Crippen LogP contribution is 2.52. The fourth-order valence-electron chi connectivity index (χ4n) is 1.96. The number of ether oxygens (including phenoxy) is 2. The van der Waals surface area contributed by atoms with Crippen LogP contribution in [0.1, 0.15) is 26.7 Å². The maximum atomic E-state index is 13.2. The van der Waals surface area contributed by atoms with Crippen LogP contribution in [0.15, 0.2) is 24.3 Å². The molecule has 0 N–H and O–H groups in total. The summed E-state index contributed by atoms with van der Waals surface area (Å²) < 4.78 is 23.7. The van der Waals surface area contributed by atoms with E-state index >= 15 is 0 Å². The third kappa shape index (κ3) is 2.33. The molecule has 1 fully saturated rings. The van der Waals surface area contributed by atoms with Gasteiger partial charge >= 0.3 is 5.97 Å². The van der Waals surface area contributed by atoms with Crippen LogP contribution >= 0.6 is 0 Å². The Kier molecular flexibility index (Phi) is 3.55. The number of rotatable bonds is 5. The molecule has 4 heteroatoms. The van der Waals surface area contributed by atoms with Crippen LogP contribution in [0, 0.1) is 5.41 Å². The van der Waals surface area contributed by atoms with Crippen molar-refractivity contribution in [3.05, 3.63) is 24.3 Å². The van der Waals surface area contributed by atoms with Gasteiger partial charge in [-0.15, -0.1) is 0 Å². The summed E-state index contributed by atoms with van der Waals surface area (Å²) in [5.74, 6) is 0.675. The van der Waals surface area contributed by atoms with Crippen LogP contribution in [0.25, 0.3) is 0 Å². The van der Waals surface area contributed by atoms with Crippen LogP contribution in [-0.4, -0.2) is 18.7 Å². The summed E-state index contributed by atoms with van der Waals surface area (Å²) in [6, 6.07) is 6.76. The van der Waals surface area contributed by atoms with E-state index in [1.54, 1.807) is 31.2 Å². The van der Waals surface area contributed by atoms with Gasteiger partial charge in [0.15, 0.2) is 0 Å². The third-order valence-corrected chi connectivity index (χ3v) is 3.37. The van der Waals surface area contributed by atoms with E-state index in [-0.39, 0.29) is 6.42 Å². The Balaban J connectivity index is 1.99. The van der Waals surface area contributed by atoms with E-state index in [4.69, 9.17) is 9.47 Å². The summed E-state index contributed by atoms with van der Waals surface area (Å²) in [4.78, 5) is 11.9. The molecule has 1 aliphatic carbocycles. The molecule has 0 saturated heterocycles. The van der Waals surface area contributed by atoms with Crippen LogP contribution in [0.2, 0.25) is 0 Å². The highest BCUT2D eigenvalue weighted by Gasteiger charge is 2.61. The predicted molar refractivity (Wildman–Crippen MR) is 65.5 cm³/mol. The molecule has 2 atom stereocenters. The molecule has 98 valence electrons. The lowest BCUT2D eigenvalue weighted by Gasteiger charge is -2.12. The standard InChI is InChI=1S/C14H17FO3/c1-3-14(9-12(14)15)13(16)18-11-7-5-10(6-8-11)17-4-2/h5-8,12H,3-4,9H2,1-2H3. The summed E-state index contributed by atoms with van der Waals surface area (Å²) in [6.45, 7) is 4.29. The lowest BCUT2D eigenvalue weighted by molar-refractivity contribution is -0.141. The van der Waals surface area contributed by atoms with Crippen molar-refractivity contribution < 1.29 is 18.7 Å². The van der Waals surface area contributed by atoms with E-state index in [2.05, 4.69) is 0 Å². The van der Waals surface area contributed by atoms with Crippen molar-refractivity contribution in [1.29, 1.82) is 0 Å². The number of benzene rings is 1. The second-order valence-electron chi connectivity index (χ2n) is 4.48. The summed E-state index contributed by atoms with van der Waals surface area (Å²) >= 11 is 0. The Hall–Kier alpha value is -1.58. The minimum Gasteiger partial charge on any atom is -0.494 e. The van der Waals surface area contributed by atoms with Gasteiger partial charge in [-0.2, -0.15) is 0 Å². The monoisotopic (exact) mass is 252 g/mol. The van der Waals surface area contributed by atoms with Crippen molar-refractivity contribution in [2.75, 3.05) is 6.61 Å². The summed E-state index contributed by atoms with van der Waals surface area (Å²) in [5.41, 5.74) is -0.904. The first-order chi connectivity index (χ1) is 8.62. The highest BCUT2D eigenvalue weighted by atomic mass is 19.1. The molecule has 0 aliphatic heterocycles. The average Bonchev–Trinajstić information content (AvgIpc) is 3.04. The molecule has 1 saturated carbocycles. The quantitative estimate of drug-likeness (QED) is 0.596. The number of hydrogen-bond acceptors (Lipinski definition) is 3. The smallest absolute Gasteiger partial charge is 0.320 e. The minimum absolute atomic E-state index is 0.277. The van der Waals surface area contributed by atoms with Gasteiger partial charge in [-0.1, -0.05) is 6.92 Å². The van der Waals surface area contributed by atoms with Crippen molar-refractivity contribution in [3.63, 3.8) is 0 Å². The number of esters is 1. The zero-order chi connectivity index (χ0) is 13.2. The number of halogens is 1. The van der Waals surface area contributed by atoms with Gasteiger partial charge < -0.3 is 9.47 Å². The van der Waals surface area contributed by atoms with Crippen LogP contribution in [0.4, 0.5) is 4.39 Å². The molecule has 18 heavy (non-hydrogen) atoms. The molecule has 0 aromatic heterocycles. The summed E-state index contributed by atoms with van der Waals surface area (Å²) in [7, 11) is 0. The van der Waals surface area contributed by atoms with Crippen molar-refractivity contribution in [3.8, 4) is 11.5 Å². The molecule has 1 aromatic rings. The molecular weight excluding hydrogens is 235 g/mol. The number of carbonyl (C=O) groups excluding carboxylic acids is 1. The maximum Gasteiger partial charge on any atom is 0.320 e. The lowest BCUT2D eigenvalue weighted by Crippen LogP contribution is -2.23. The summed E-state index contributed by atoms with van der Waals surface area (Å²) in [6.07, 6.45) is -0.304. The van der Waals surface area contributed by atoms with Gasteiger partial charge in [-0.25, -0.2) is 4.39 Å². The fourth-order valence-corrected chi connectivity index (χ4v) is 1.96. The van der Waals surface area contributed by atoms with Crippen LogP contribution < -0.4 is 9.47 Å². The number of hydrogen-bond donors (Lipinski definition) is 0. The average molecular weight is 252 g/mol. The first kappa shape index (κ1) is 12.9. The Morgan fingerprint density at radius 3 is 2.33 bits per heavy atom. The van der Waals surface area contributed by atoms with Crippen molar-refractivity contribution in [2.24, 2.45) is 5.41 Å². The zero-order valence-corrected chi connectivity index (χ0v) is 10.6. The van der Waals surface area contributed by atoms with Gasteiger partial charge in [-0.3, -0.25) is 4.79 Å². The van der Waals surface area contributed by atoms with Crippen molar-refractivity contribution >= 4 is 5.97 Å². The molecule has 2 unspecified atom stereocenters. The van der Waals surface area contributed by atoms with E-state index in [0.29, 0.717) is 18.8 Å². The van der Waals surface area contributed by atoms with E-state index < -0.39 is 17.6 Å². The SMILES string of the molecule is CCOc1ccc(OC(=O)C2(CC)CC2F)cc1. The normalized spacial score (nSPS) is 25.6. The van der Waals surface area contributed by atoms with Gasteiger partial charge in [0.25, 0.3) is 0 Å². The molecule has 2 rings (SSSR count). The van der Waals surface area contributed by atoms with Crippen molar-refractivity contribution in [1.82, 2.24) is 0 Å². The number of alkyl halides is 1. The van der Waals surface area contributed by atoms with Crippen LogP contribution in [0.5, 0.6) is 11.5 Å². The topological polar surface area (TPSA) is 35.5 Å². The van der Waals surface area contributed by atoms with Crippen LogP contribution in [0.3, 0.4) is 0 Å². The molecule has 0 amide bonds. The Morgan fingerprint density at radius 2 is 1.89 bits per heavy atom.